The molecule has 1 N–H and O–H groups in total. The maximum atomic E-state index is 12.7. The molecule has 3 heterocycles. The van der Waals surface area contributed by atoms with Gasteiger partial charge in [0.1, 0.15) is 36.3 Å². The Hall–Kier alpha value is -1.14. The first kappa shape index (κ1) is 20.6. The average molecular weight is 396 g/mol. The predicted octanol–water partition coefficient (Wildman–Crippen LogP) is -0.763. The van der Waals surface area contributed by atoms with Crippen LogP contribution in [0.15, 0.2) is 30.3 Å². The lowest BCUT2D eigenvalue weighted by molar-refractivity contribution is -0.956. The van der Waals surface area contributed by atoms with Crippen molar-refractivity contribution in [2.45, 2.75) is 68.9 Å². The second kappa shape index (κ2) is 8.08. The highest BCUT2D eigenvalue weighted by Gasteiger charge is 2.71. The van der Waals surface area contributed by atoms with Gasteiger partial charge in [-0.15, -0.1) is 0 Å². The molecule has 0 amide bonds. The van der Waals surface area contributed by atoms with Crippen LogP contribution in [0.3, 0.4) is 0 Å². The van der Waals surface area contributed by atoms with Crippen molar-refractivity contribution >= 4 is 5.97 Å². The van der Waals surface area contributed by atoms with E-state index in [1.165, 1.54) is 19.4 Å². The van der Waals surface area contributed by atoms with E-state index < -0.39 is 5.92 Å². The van der Waals surface area contributed by atoms with E-state index in [0.717, 1.165) is 22.9 Å². The molecular formula is C21H30ClNO4. The van der Waals surface area contributed by atoms with Gasteiger partial charge in [-0.3, -0.25) is 4.79 Å². The van der Waals surface area contributed by atoms with Crippen LogP contribution in [0.4, 0.5) is 0 Å². The van der Waals surface area contributed by atoms with E-state index in [9.17, 15) is 9.90 Å². The summed E-state index contributed by atoms with van der Waals surface area (Å²) in [5.74, 6) is -0.898. The number of hydrogen-bond acceptors (Lipinski definition) is 4. The van der Waals surface area contributed by atoms with E-state index in [2.05, 4.69) is 14.0 Å². The molecule has 0 aromatic heterocycles. The number of unbranched alkanes of at least 4 members (excludes halogenated alkanes) is 1. The van der Waals surface area contributed by atoms with Gasteiger partial charge < -0.3 is 31.5 Å². The molecule has 3 aliphatic heterocycles. The number of morpholine rings is 1. The van der Waals surface area contributed by atoms with Gasteiger partial charge in [-0.1, -0.05) is 43.7 Å². The van der Waals surface area contributed by atoms with Crippen molar-refractivity contribution in [1.82, 2.24) is 0 Å². The lowest BCUT2D eigenvalue weighted by Gasteiger charge is -2.48. The van der Waals surface area contributed by atoms with Gasteiger partial charge in [-0.05, 0) is 12.0 Å². The van der Waals surface area contributed by atoms with Crippen molar-refractivity contribution in [1.29, 1.82) is 0 Å². The molecule has 6 heteroatoms. The highest BCUT2D eigenvalue weighted by Crippen LogP contribution is 2.52. The van der Waals surface area contributed by atoms with Gasteiger partial charge in [0.15, 0.2) is 0 Å². The minimum atomic E-state index is -0.595. The van der Waals surface area contributed by atoms with Gasteiger partial charge in [-0.25, -0.2) is 0 Å². The number of quaternary nitrogens is 1. The number of ether oxygens (including phenoxy) is 2. The average Bonchev–Trinajstić information content (AvgIpc) is 3.40. The van der Waals surface area contributed by atoms with Crippen LogP contribution >= 0.6 is 0 Å². The number of piperidine rings is 1. The van der Waals surface area contributed by atoms with Crippen LogP contribution in [0.1, 0.15) is 44.1 Å². The fraction of sp³-hybridized carbons (Fsp3) is 0.667. The third-order valence-corrected chi connectivity index (χ3v) is 6.79. The molecule has 0 radical (unpaired) electrons. The summed E-state index contributed by atoms with van der Waals surface area (Å²) in [5.41, 5.74) is 0.813. The Morgan fingerprint density at radius 3 is 2.44 bits per heavy atom. The molecule has 2 bridgehead atoms. The summed E-state index contributed by atoms with van der Waals surface area (Å²) in [4.78, 5) is 12.7. The molecule has 5 unspecified atom stereocenters. The van der Waals surface area contributed by atoms with E-state index in [0.29, 0.717) is 24.3 Å². The molecule has 5 nitrogen and oxygen atoms in total. The molecule has 3 saturated heterocycles. The van der Waals surface area contributed by atoms with Crippen molar-refractivity contribution < 1.29 is 36.3 Å². The van der Waals surface area contributed by atoms with Gasteiger partial charge in [-0.2, -0.15) is 0 Å². The molecule has 0 spiro atoms. The van der Waals surface area contributed by atoms with Crippen molar-refractivity contribution in [3.63, 3.8) is 0 Å². The fourth-order valence-corrected chi connectivity index (χ4v) is 5.23. The van der Waals surface area contributed by atoms with Gasteiger partial charge in [0.25, 0.3) is 0 Å². The van der Waals surface area contributed by atoms with Crippen LogP contribution in [0, 0.1) is 0 Å². The topological polar surface area (TPSA) is 59.1 Å². The molecule has 0 saturated carbocycles. The second-order valence-corrected chi connectivity index (χ2v) is 8.30. The number of benzene rings is 1. The zero-order chi connectivity index (χ0) is 18.3. The number of carbonyl (C=O) groups is 1. The summed E-state index contributed by atoms with van der Waals surface area (Å²) in [6.07, 6.45) is 4.83. The molecule has 5 atom stereocenters. The third-order valence-electron chi connectivity index (χ3n) is 6.79. The number of nitrogens with zero attached hydrogens (tertiary/aromatic N) is 1. The Balaban J connectivity index is 0.00000210. The monoisotopic (exact) mass is 395 g/mol. The van der Waals surface area contributed by atoms with E-state index in [1.807, 2.05) is 30.3 Å². The third kappa shape index (κ3) is 3.63. The zero-order valence-electron chi connectivity index (χ0n) is 16.1. The molecule has 27 heavy (non-hydrogen) atoms. The van der Waals surface area contributed by atoms with Gasteiger partial charge in [0, 0.05) is 12.8 Å². The van der Waals surface area contributed by atoms with E-state index in [-0.39, 0.29) is 31.1 Å². The minimum absolute atomic E-state index is 0. The summed E-state index contributed by atoms with van der Waals surface area (Å²) in [6.45, 7) is 3.20. The van der Waals surface area contributed by atoms with Crippen LogP contribution < -0.4 is 12.4 Å². The normalized spacial score (nSPS) is 37.1. The van der Waals surface area contributed by atoms with Gasteiger partial charge in [0.05, 0.1) is 20.2 Å². The maximum absolute atomic E-state index is 12.7. The minimum Gasteiger partial charge on any atom is -1.00 e. The number of fused-ring (bicyclic) bond motifs is 5. The second-order valence-electron chi connectivity index (χ2n) is 8.30. The Labute approximate surface area is 167 Å². The highest BCUT2D eigenvalue weighted by atomic mass is 35.5. The number of aliphatic hydroxyl groups excluding tert-OH is 1. The van der Waals surface area contributed by atoms with Crippen LogP contribution in [0.2, 0.25) is 0 Å². The summed E-state index contributed by atoms with van der Waals surface area (Å²) in [6, 6.07) is 10.3. The van der Waals surface area contributed by atoms with E-state index >= 15 is 0 Å². The van der Waals surface area contributed by atoms with Crippen LogP contribution in [0.25, 0.3) is 0 Å². The number of hydrogen-bond donors (Lipinski definition) is 1. The summed E-state index contributed by atoms with van der Waals surface area (Å²) >= 11 is 0. The van der Waals surface area contributed by atoms with Crippen molar-refractivity contribution in [2.75, 3.05) is 20.2 Å². The van der Waals surface area contributed by atoms with E-state index in [1.54, 1.807) is 0 Å². The lowest BCUT2D eigenvalue weighted by atomic mass is 9.94. The van der Waals surface area contributed by atoms with Crippen molar-refractivity contribution in [2.24, 2.45) is 0 Å². The molecule has 0 aliphatic carbocycles. The SMILES string of the molecule is CCCC[N+]1(C)C2CC(OC(=O)C(CO)c3ccccc3)CC1C1OC12.[Cl-]. The van der Waals surface area contributed by atoms with Crippen LogP contribution in [0.5, 0.6) is 0 Å². The summed E-state index contributed by atoms with van der Waals surface area (Å²) < 4.78 is 12.9. The number of halogens is 1. The molecule has 4 rings (SSSR count). The lowest BCUT2D eigenvalue weighted by Crippen LogP contribution is -3.00. The van der Waals surface area contributed by atoms with Crippen molar-refractivity contribution in [3.05, 3.63) is 35.9 Å². The molecule has 3 aliphatic rings. The smallest absolute Gasteiger partial charge is 0.316 e. The Kier molecular flexibility index (Phi) is 6.16. The van der Waals surface area contributed by atoms with Gasteiger partial charge in [0.2, 0.25) is 0 Å². The fourth-order valence-electron chi connectivity index (χ4n) is 5.23. The van der Waals surface area contributed by atoms with Gasteiger partial charge >= 0.3 is 5.97 Å². The predicted molar refractivity (Wildman–Crippen MR) is 97.6 cm³/mol. The summed E-state index contributed by atoms with van der Waals surface area (Å²) in [7, 11) is 2.36. The first-order valence-corrected chi connectivity index (χ1v) is 9.95. The number of aliphatic hydroxyl groups is 1. The Bertz CT molecular complexity index is 637. The quantitative estimate of drug-likeness (QED) is 0.374. The van der Waals surface area contributed by atoms with Crippen LogP contribution in [-0.4, -0.2) is 66.2 Å². The first-order chi connectivity index (χ1) is 12.6. The number of rotatable bonds is 7. The molecule has 1 aromatic carbocycles. The Morgan fingerprint density at radius 2 is 1.89 bits per heavy atom. The number of carbonyl (C=O) groups excluding carboxylic acids is 1. The largest absolute Gasteiger partial charge is 1.00 e. The highest BCUT2D eigenvalue weighted by molar-refractivity contribution is 5.78. The molecule has 3 fully saturated rings. The van der Waals surface area contributed by atoms with Crippen molar-refractivity contribution in [3.8, 4) is 0 Å². The number of esters is 1. The summed E-state index contributed by atoms with van der Waals surface area (Å²) in [5, 5.41) is 9.70. The Morgan fingerprint density at radius 1 is 1.26 bits per heavy atom. The number of epoxide rings is 1. The molecule has 150 valence electrons. The van der Waals surface area contributed by atoms with Crippen LogP contribution in [-0.2, 0) is 14.3 Å². The molecular weight excluding hydrogens is 366 g/mol. The molecule has 1 aromatic rings. The first-order valence-electron chi connectivity index (χ1n) is 9.95. The number of likely N-dealkylation sites (N-methyl/N-ethyl adjacent to an activating group) is 1. The maximum Gasteiger partial charge on any atom is 0.316 e. The standard InChI is InChI=1S/C21H30NO4.ClH/c1-3-4-10-22(2)17-11-15(12-18(22)20-19(17)26-20)25-21(24)16(13-23)14-8-6-5-7-9-14;/h5-9,15-20,23H,3-4,10-13H2,1-2H3;1H/q+1;/p-1. The van der Waals surface area contributed by atoms with E-state index in [4.69, 9.17) is 9.47 Å². The zero-order valence-corrected chi connectivity index (χ0v) is 16.8.